The zero-order valence-corrected chi connectivity index (χ0v) is 18.9. The van der Waals surface area contributed by atoms with Crippen molar-refractivity contribution in [1.82, 2.24) is 28.7 Å². The molecule has 0 bridgehead atoms. The molecule has 5 aromatic rings. The predicted molar refractivity (Wildman–Crippen MR) is 126 cm³/mol. The molecule has 5 rings (SSSR count). The second kappa shape index (κ2) is 7.77. The number of fused-ring (bicyclic) bond motifs is 3. The lowest BCUT2D eigenvalue weighted by Gasteiger charge is -2.09. The van der Waals surface area contributed by atoms with Crippen LogP contribution in [-0.4, -0.2) is 35.3 Å². The minimum Gasteiger partial charge on any atom is -0.494 e. The Morgan fingerprint density at radius 1 is 1.03 bits per heavy atom. The zero-order chi connectivity index (χ0) is 23.3. The van der Waals surface area contributed by atoms with Gasteiger partial charge in [-0.05, 0) is 56.2 Å². The first-order valence-electron chi connectivity index (χ1n) is 10.7. The number of ether oxygens (including phenoxy) is 1. The van der Waals surface area contributed by atoms with Gasteiger partial charge in [0, 0.05) is 12.6 Å². The predicted octanol–water partition coefficient (Wildman–Crippen LogP) is 2.80. The second-order valence-electron chi connectivity index (χ2n) is 8.12. The van der Waals surface area contributed by atoms with E-state index in [1.807, 2.05) is 49.6 Å². The number of nitrogens with zero attached hydrogens (tertiary/aromatic N) is 5. The van der Waals surface area contributed by atoms with Gasteiger partial charge >= 0.3 is 5.69 Å². The molecule has 0 aliphatic heterocycles. The average molecular weight is 444 g/mol. The summed E-state index contributed by atoms with van der Waals surface area (Å²) < 4.78 is 10.6. The van der Waals surface area contributed by atoms with Crippen LogP contribution in [0.1, 0.15) is 23.6 Å². The lowest BCUT2D eigenvalue weighted by Crippen LogP contribution is -2.29. The molecular weight excluding hydrogens is 420 g/mol. The van der Waals surface area contributed by atoms with Crippen LogP contribution in [0.15, 0.2) is 52.1 Å². The Kier molecular flexibility index (Phi) is 4.88. The quantitative estimate of drug-likeness (QED) is 0.449. The van der Waals surface area contributed by atoms with Gasteiger partial charge in [0.15, 0.2) is 17.0 Å². The number of rotatable bonds is 5. The van der Waals surface area contributed by atoms with E-state index < -0.39 is 11.2 Å². The number of imidazole rings is 1. The van der Waals surface area contributed by atoms with Crippen LogP contribution < -0.4 is 16.0 Å². The van der Waals surface area contributed by atoms with E-state index in [-0.39, 0.29) is 0 Å². The summed E-state index contributed by atoms with van der Waals surface area (Å²) in [7, 11) is 1.63. The molecule has 0 spiro atoms. The van der Waals surface area contributed by atoms with E-state index in [4.69, 9.17) is 4.74 Å². The highest BCUT2D eigenvalue weighted by atomic mass is 16.5. The van der Waals surface area contributed by atoms with E-state index in [1.54, 1.807) is 11.4 Å². The number of aromatic amines is 1. The third-order valence-corrected chi connectivity index (χ3v) is 5.90. The van der Waals surface area contributed by atoms with Crippen molar-refractivity contribution >= 4 is 16.9 Å². The van der Waals surface area contributed by atoms with Crippen molar-refractivity contribution < 1.29 is 4.74 Å². The molecule has 0 aliphatic rings. The summed E-state index contributed by atoms with van der Waals surface area (Å²) in [6, 6.07) is 13.7. The van der Waals surface area contributed by atoms with Crippen molar-refractivity contribution in [2.75, 3.05) is 6.61 Å². The Bertz CT molecular complexity index is 1620. The summed E-state index contributed by atoms with van der Waals surface area (Å²) >= 11 is 0. The summed E-state index contributed by atoms with van der Waals surface area (Å²) in [5.41, 5.74) is 3.95. The van der Waals surface area contributed by atoms with E-state index in [1.165, 1.54) is 4.57 Å². The minimum atomic E-state index is -0.496. The molecule has 2 aromatic carbocycles. The Morgan fingerprint density at radius 2 is 1.79 bits per heavy atom. The largest absolute Gasteiger partial charge is 0.494 e. The molecule has 0 saturated heterocycles. The molecule has 3 heterocycles. The molecule has 0 radical (unpaired) electrons. The normalized spacial score (nSPS) is 11.5. The lowest BCUT2D eigenvalue weighted by atomic mass is 10.1. The number of hydrogen-bond donors (Lipinski definition) is 1. The summed E-state index contributed by atoms with van der Waals surface area (Å²) in [6.07, 6.45) is 0. The monoisotopic (exact) mass is 444 g/mol. The van der Waals surface area contributed by atoms with E-state index in [0.29, 0.717) is 35.9 Å². The van der Waals surface area contributed by atoms with Gasteiger partial charge in [0.2, 0.25) is 5.78 Å². The van der Waals surface area contributed by atoms with E-state index in [0.717, 1.165) is 28.0 Å². The number of hydrogen-bond acceptors (Lipinski definition) is 5. The molecule has 0 unspecified atom stereocenters. The van der Waals surface area contributed by atoms with Crippen molar-refractivity contribution in [3.05, 3.63) is 80.0 Å². The molecular formula is C24H24N6O3. The summed E-state index contributed by atoms with van der Waals surface area (Å²) in [5.74, 6) is 1.78. The van der Waals surface area contributed by atoms with Gasteiger partial charge in [-0.25, -0.2) is 9.20 Å². The van der Waals surface area contributed by atoms with Crippen molar-refractivity contribution in [1.29, 1.82) is 0 Å². The van der Waals surface area contributed by atoms with Crippen LogP contribution in [-0.2, 0) is 13.6 Å². The van der Waals surface area contributed by atoms with Crippen molar-refractivity contribution in [3.8, 4) is 17.1 Å². The SMILES string of the molecule is CCOc1ccc(-c2nnc3n(Cc4cc(C)ccc4C)c4c(=O)[nH]c(=O)n(C)c4n23)cc1. The lowest BCUT2D eigenvalue weighted by molar-refractivity contribution is 0.340. The Hall–Kier alpha value is -4.14. The molecule has 9 heteroatoms. The maximum Gasteiger partial charge on any atom is 0.329 e. The maximum atomic E-state index is 13.0. The highest BCUT2D eigenvalue weighted by Gasteiger charge is 2.23. The zero-order valence-electron chi connectivity index (χ0n) is 18.9. The first-order chi connectivity index (χ1) is 15.9. The van der Waals surface area contributed by atoms with Crippen LogP contribution in [0.25, 0.3) is 28.3 Å². The minimum absolute atomic E-state index is 0.370. The van der Waals surface area contributed by atoms with Gasteiger partial charge in [0.25, 0.3) is 5.56 Å². The fourth-order valence-corrected chi connectivity index (χ4v) is 4.19. The van der Waals surface area contributed by atoms with Crippen LogP contribution in [0.5, 0.6) is 5.75 Å². The standard InChI is InChI=1S/C24H24N6O3/c1-5-33-18-10-8-16(9-11-18)20-26-27-23-29(13-17-12-14(2)6-7-15(17)3)19-21(31)25-24(32)28(4)22(19)30(20)23/h6-12H,5,13H2,1-4H3,(H,25,31,32). The van der Waals surface area contributed by atoms with Crippen LogP contribution >= 0.6 is 0 Å². The summed E-state index contributed by atoms with van der Waals surface area (Å²) in [4.78, 5) is 27.9. The Morgan fingerprint density at radius 3 is 2.52 bits per heavy atom. The van der Waals surface area contributed by atoms with Crippen LogP contribution in [0.2, 0.25) is 0 Å². The second-order valence-corrected chi connectivity index (χ2v) is 8.12. The van der Waals surface area contributed by atoms with Gasteiger partial charge in [-0.2, -0.15) is 0 Å². The molecule has 1 N–H and O–H groups in total. The number of H-pyrrole nitrogens is 1. The average Bonchev–Trinajstić information content (AvgIpc) is 3.35. The van der Waals surface area contributed by atoms with Gasteiger partial charge in [0.05, 0.1) is 13.2 Å². The van der Waals surface area contributed by atoms with Crippen molar-refractivity contribution in [3.63, 3.8) is 0 Å². The van der Waals surface area contributed by atoms with Gasteiger partial charge in [-0.3, -0.25) is 18.9 Å². The first-order valence-corrected chi connectivity index (χ1v) is 10.7. The third-order valence-electron chi connectivity index (χ3n) is 5.90. The number of nitrogens with one attached hydrogen (secondary N) is 1. The smallest absolute Gasteiger partial charge is 0.329 e. The summed E-state index contributed by atoms with van der Waals surface area (Å²) in [5, 5.41) is 8.85. The molecule has 0 atom stereocenters. The molecule has 0 amide bonds. The molecule has 0 saturated carbocycles. The maximum absolute atomic E-state index is 13.0. The fraction of sp³-hybridized carbons (Fsp3) is 0.250. The molecule has 33 heavy (non-hydrogen) atoms. The number of aromatic nitrogens is 6. The Labute approximate surface area is 188 Å². The first kappa shape index (κ1) is 20.7. The number of benzene rings is 2. The number of aryl methyl sites for hydroxylation is 3. The Balaban J connectivity index is 1.81. The van der Waals surface area contributed by atoms with E-state index in [9.17, 15) is 9.59 Å². The molecule has 3 aromatic heterocycles. The third kappa shape index (κ3) is 3.32. The molecule has 0 aliphatic carbocycles. The summed E-state index contributed by atoms with van der Waals surface area (Å²) in [6.45, 7) is 6.99. The van der Waals surface area contributed by atoms with Gasteiger partial charge in [-0.1, -0.05) is 23.8 Å². The van der Waals surface area contributed by atoms with Crippen molar-refractivity contribution in [2.24, 2.45) is 7.05 Å². The van der Waals surface area contributed by atoms with Crippen LogP contribution in [0.4, 0.5) is 0 Å². The fourth-order valence-electron chi connectivity index (χ4n) is 4.19. The van der Waals surface area contributed by atoms with Gasteiger partial charge in [-0.15, -0.1) is 10.2 Å². The molecule has 9 nitrogen and oxygen atoms in total. The van der Waals surface area contributed by atoms with E-state index in [2.05, 4.69) is 33.4 Å². The topological polar surface area (TPSA) is 99.2 Å². The highest BCUT2D eigenvalue weighted by molar-refractivity contribution is 5.80. The van der Waals surface area contributed by atoms with E-state index >= 15 is 0 Å². The molecule has 168 valence electrons. The van der Waals surface area contributed by atoms with Crippen LogP contribution in [0.3, 0.4) is 0 Å². The van der Waals surface area contributed by atoms with Gasteiger partial charge < -0.3 is 4.74 Å². The van der Waals surface area contributed by atoms with Crippen molar-refractivity contribution in [2.45, 2.75) is 27.3 Å². The van der Waals surface area contributed by atoms with Gasteiger partial charge in [0.1, 0.15) is 5.75 Å². The molecule has 0 fully saturated rings. The van der Waals surface area contributed by atoms with Crippen LogP contribution in [0, 0.1) is 13.8 Å². The highest BCUT2D eigenvalue weighted by Crippen LogP contribution is 2.27.